The average Bonchev–Trinajstić information content (AvgIpc) is 2.95. The summed E-state index contributed by atoms with van der Waals surface area (Å²) in [5, 5.41) is 3.07. The molecular formula is C32H29FN2O4. The molecule has 0 fully saturated rings. The van der Waals surface area contributed by atoms with E-state index in [1.54, 1.807) is 43.4 Å². The molecule has 1 aliphatic heterocycles. The topological polar surface area (TPSA) is 67.9 Å². The molecule has 0 unspecified atom stereocenters. The molecule has 0 aliphatic carbocycles. The number of aryl methyl sites for hydroxylation is 1. The van der Waals surface area contributed by atoms with Crippen LogP contribution in [0.25, 0.3) is 0 Å². The molecule has 2 atom stereocenters. The Hall–Kier alpha value is -4.65. The molecule has 1 heterocycles. The van der Waals surface area contributed by atoms with Crippen LogP contribution in [0, 0.1) is 12.7 Å². The van der Waals surface area contributed by atoms with E-state index in [2.05, 4.69) is 5.32 Å². The Morgan fingerprint density at radius 2 is 1.64 bits per heavy atom. The Kier molecular flexibility index (Phi) is 7.32. The van der Waals surface area contributed by atoms with Gasteiger partial charge in [-0.15, -0.1) is 0 Å². The number of benzene rings is 4. The number of hydrogen-bond acceptors (Lipinski definition) is 4. The number of hydrogen-bond donors (Lipinski definition) is 1. The third-order valence-corrected chi connectivity index (χ3v) is 7.06. The van der Waals surface area contributed by atoms with Crippen molar-refractivity contribution in [3.05, 3.63) is 125 Å². The first-order chi connectivity index (χ1) is 18.9. The summed E-state index contributed by atoms with van der Waals surface area (Å²) in [5.41, 5.74) is 4.15. The highest BCUT2D eigenvalue weighted by Gasteiger charge is 2.44. The van der Waals surface area contributed by atoms with Gasteiger partial charge in [0.1, 0.15) is 17.3 Å². The highest BCUT2D eigenvalue weighted by Crippen LogP contribution is 2.44. The van der Waals surface area contributed by atoms with Crippen molar-refractivity contribution in [1.82, 2.24) is 4.90 Å². The lowest BCUT2D eigenvalue weighted by atomic mass is 9.79. The molecule has 1 aliphatic rings. The maximum atomic E-state index is 14.2. The van der Waals surface area contributed by atoms with Crippen LogP contribution in [0.1, 0.15) is 44.6 Å². The highest BCUT2D eigenvalue weighted by molar-refractivity contribution is 6.04. The number of anilines is 1. The number of fused-ring (bicyclic) bond motifs is 1. The molecule has 6 nitrogen and oxygen atoms in total. The fourth-order valence-corrected chi connectivity index (χ4v) is 5.14. The Balaban J connectivity index is 1.64. The van der Waals surface area contributed by atoms with Gasteiger partial charge in [0, 0.05) is 12.1 Å². The number of nitrogens with one attached hydrogen (secondary N) is 1. The third kappa shape index (κ3) is 5.21. The molecular weight excluding hydrogens is 495 g/mol. The van der Waals surface area contributed by atoms with E-state index in [0.29, 0.717) is 28.3 Å². The first kappa shape index (κ1) is 26.0. The molecule has 0 aromatic heterocycles. The van der Waals surface area contributed by atoms with Crippen LogP contribution in [0.15, 0.2) is 91.0 Å². The maximum absolute atomic E-state index is 14.2. The van der Waals surface area contributed by atoms with Gasteiger partial charge < -0.3 is 19.7 Å². The van der Waals surface area contributed by atoms with Crippen molar-refractivity contribution < 1.29 is 23.5 Å². The number of carbonyl (C=O) groups excluding carboxylic acids is 2. The van der Waals surface area contributed by atoms with Gasteiger partial charge >= 0.3 is 0 Å². The van der Waals surface area contributed by atoms with Crippen molar-refractivity contribution in [1.29, 1.82) is 0 Å². The fourth-order valence-electron chi connectivity index (χ4n) is 5.14. The normalized spacial score (nSPS) is 16.4. The number of halogens is 1. The summed E-state index contributed by atoms with van der Waals surface area (Å²) in [7, 11) is 3.14. The molecule has 0 saturated carbocycles. The van der Waals surface area contributed by atoms with Crippen LogP contribution in [0.5, 0.6) is 11.5 Å². The minimum atomic E-state index is -0.738. The second-order valence-electron chi connectivity index (χ2n) is 9.54. The van der Waals surface area contributed by atoms with E-state index in [9.17, 15) is 14.0 Å². The monoisotopic (exact) mass is 524 g/mol. The van der Waals surface area contributed by atoms with E-state index in [-0.39, 0.29) is 24.2 Å². The van der Waals surface area contributed by atoms with Gasteiger partial charge in [-0.2, -0.15) is 0 Å². The number of ether oxygens (including phenoxy) is 2. The van der Waals surface area contributed by atoms with E-state index in [4.69, 9.17) is 9.47 Å². The van der Waals surface area contributed by atoms with E-state index >= 15 is 0 Å². The Morgan fingerprint density at radius 3 is 2.33 bits per heavy atom. The summed E-state index contributed by atoms with van der Waals surface area (Å²) >= 11 is 0. The minimum Gasteiger partial charge on any atom is -0.497 e. The lowest BCUT2D eigenvalue weighted by Crippen LogP contribution is -2.45. The van der Waals surface area contributed by atoms with Gasteiger partial charge in [0.25, 0.3) is 5.91 Å². The Morgan fingerprint density at radius 1 is 0.923 bits per heavy atom. The van der Waals surface area contributed by atoms with Crippen LogP contribution in [-0.4, -0.2) is 30.9 Å². The summed E-state index contributed by atoms with van der Waals surface area (Å²) in [6, 6.07) is 25.6. The Labute approximate surface area is 227 Å². The third-order valence-electron chi connectivity index (χ3n) is 7.06. The lowest BCUT2D eigenvalue weighted by Gasteiger charge is -2.42. The van der Waals surface area contributed by atoms with Crippen molar-refractivity contribution in [3.8, 4) is 11.5 Å². The van der Waals surface area contributed by atoms with Crippen molar-refractivity contribution in [2.75, 3.05) is 19.5 Å². The molecule has 0 radical (unpaired) electrons. The molecule has 4 aromatic rings. The van der Waals surface area contributed by atoms with Crippen molar-refractivity contribution in [3.63, 3.8) is 0 Å². The summed E-state index contributed by atoms with van der Waals surface area (Å²) in [6.07, 6.45) is 0. The van der Waals surface area contributed by atoms with E-state index in [1.165, 1.54) is 12.1 Å². The number of amides is 2. The molecule has 0 spiro atoms. The Bertz CT molecular complexity index is 1500. The molecule has 198 valence electrons. The van der Waals surface area contributed by atoms with Gasteiger partial charge in [0.15, 0.2) is 0 Å². The summed E-state index contributed by atoms with van der Waals surface area (Å²) in [4.78, 5) is 29.8. The smallest absolute Gasteiger partial charge is 0.255 e. The first-order valence-corrected chi connectivity index (χ1v) is 12.6. The molecule has 2 amide bonds. The molecule has 39 heavy (non-hydrogen) atoms. The largest absolute Gasteiger partial charge is 0.497 e. The van der Waals surface area contributed by atoms with E-state index in [0.717, 1.165) is 16.7 Å². The van der Waals surface area contributed by atoms with Gasteiger partial charge in [-0.1, -0.05) is 48.5 Å². The van der Waals surface area contributed by atoms with Crippen LogP contribution < -0.4 is 14.8 Å². The van der Waals surface area contributed by atoms with Gasteiger partial charge in [-0.05, 0) is 71.6 Å². The zero-order valence-electron chi connectivity index (χ0n) is 22.0. The first-order valence-electron chi connectivity index (χ1n) is 12.6. The summed E-state index contributed by atoms with van der Waals surface area (Å²) in [5.74, 6) is -0.366. The maximum Gasteiger partial charge on any atom is 0.255 e. The van der Waals surface area contributed by atoms with Gasteiger partial charge in [-0.3, -0.25) is 9.59 Å². The molecule has 0 bridgehead atoms. The molecule has 0 saturated heterocycles. The second-order valence-corrected chi connectivity index (χ2v) is 9.54. The van der Waals surface area contributed by atoms with Crippen molar-refractivity contribution >= 4 is 17.5 Å². The summed E-state index contributed by atoms with van der Waals surface area (Å²) in [6.45, 7) is 2.13. The van der Waals surface area contributed by atoms with Crippen molar-refractivity contribution in [2.45, 2.75) is 25.4 Å². The van der Waals surface area contributed by atoms with Gasteiger partial charge in [0.05, 0.1) is 31.9 Å². The number of carbonyl (C=O) groups is 2. The molecule has 1 N–H and O–H groups in total. The standard InChI is InChI=1S/C32H29FN2O4/c1-20-8-17-28(39-3)27(18-20)34-31(36)29-25-6-4-5-7-26(25)32(37)35(19-21-9-13-23(33)14-10-21)30(29)22-11-15-24(38-2)16-12-22/h4-18,29-30H,19H2,1-3H3,(H,34,36)/t29-,30-/m0/s1. The number of methoxy groups -OCH3 is 2. The zero-order valence-corrected chi connectivity index (χ0v) is 22.0. The highest BCUT2D eigenvalue weighted by atomic mass is 19.1. The minimum absolute atomic E-state index is 0.196. The van der Waals surface area contributed by atoms with Gasteiger partial charge in [0.2, 0.25) is 5.91 Å². The van der Waals surface area contributed by atoms with Crippen LogP contribution >= 0.6 is 0 Å². The van der Waals surface area contributed by atoms with Crippen molar-refractivity contribution in [2.24, 2.45) is 0 Å². The SMILES string of the molecule is COc1ccc([C@H]2[C@@H](C(=O)Nc3cc(C)ccc3OC)c3ccccc3C(=O)N2Cc2ccc(F)cc2)cc1. The van der Waals surface area contributed by atoms with Crippen LogP contribution in [0.4, 0.5) is 10.1 Å². The van der Waals surface area contributed by atoms with Gasteiger partial charge in [-0.25, -0.2) is 4.39 Å². The van der Waals surface area contributed by atoms with E-state index in [1.807, 2.05) is 61.5 Å². The number of nitrogens with zero attached hydrogens (tertiary/aromatic N) is 1. The second kappa shape index (κ2) is 11.0. The van der Waals surface area contributed by atoms with Crippen LogP contribution in [0.2, 0.25) is 0 Å². The quantitative estimate of drug-likeness (QED) is 0.309. The molecule has 5 rings (SSSR count). The average molecular weight is 525 g/mol. The molecule has 4 aromatic carbocycles. The molecule has 7 heteroatoms. The fraction of sp³-hybridized carbons (Fsp3) is 0.188. The van der Waals surface area contributed by atoms with Crippen LogP contribution in [-0.2, 0) is 11.3 Å². The lowest BCUT2D eigenvalue weighted by molar-refractivity contribution is -0.119. The van der Waals surface area contributed by atoms with Crippen LogP contribution in [0.3, 0.4) is 0 Å². The number of rotatable bonds is 7. The zero-order chi connectivity index (χ0) is 27.5. The van der Waals surface area contributed by atoms with E-state index < -0.39 is 12.0 Å². The summed E-state index contributed by atoms with van der Waals surface area (Å²) < 4.78 is 24.5. The predicted octanol–water partition coefficient (Wildman–Crippen LogP) is 6.27. The predicted molar refractivity (Wildman–Crippen MR) is 148 cm³/mol.